The molecule has 0 heterocycles. The molecule has 1 saturated carbocycles. The zero-order valence-corrected chi connectivity index (χ0v) is 9.50. The summed E-state index contributed by atoms with van der Waals surface area (Å²) in [5.41, 5.74) is -0.0949. The molecule has 0 aliphatic heterocycles. The highest BCUT2D eigenvalue weighted by molar-refractivity contribution is 5.79. The van der Waals surface area contributed by atoms with E-state index in [4.69, 9.17) is 4.74 Å². The van der Waals surface area contributed by atoms with Crippen molar-refractivity contribution in [2.24, 2.45) is 11.3 Å². The Kier molecular flexibility index (Phi) is 3.13. The molecule has 1 fully saturated rings. The molecular formula is C13H20O2. The lowest BCUT2D eigenvalue weighted by molar-refractivity contribution is -0.150. The van der Waals surface area contributed by atoms with Gasteiger partial charge in [0.05, 0.1) is 12.0 Å². The van der Waals surface area contributed by atoms with Crippen LogP contribution in [0.15, 0.2) is 12.2 Å². The Bertz CT molecular complexity index is 264. The zero-order chi connectivity index (χ0) is 10.7. The van der Waals surface area contributed by atoms with E-state index in [1.807, 2.05) is 6.92 Å². The average Bonchev–Trinajstić information content (AvgIpc) is 3.01. The molecule has 2 heteroatoms. The van der Waals surface area contributed by atoms with Crippen molar-refractivity contribution in [3.05, 3.63) is 12.2 Å². The van der Waals surface area contributed by atoms with Gasteiger partial charge in [-0.05, 0) is 51.4 Å². The number of hydrogen-bond donors (Lipinski definition) is 0. The quantitative estimate of drug-likeness (QED) is 0.524. The summed E-state index contributed by atoms with van der Waals surface area (Å²) in [4.78, 5) is 11.8. The van der Waals surface area contributed by atoms with Crippen molar-refractivity contribution in [1.29, 1.82) is 0 Å². The predicted octanol–water partition coefficient (Wildman–Crippen LogP) is 3.08. The molecule has 0 radical (unpaired) electrons. The molecule has 2 aliphatic carbocycles. The average molecular weight is 208 g/mol. The van der Waals surface area contributed by atoms with Crippen molar-refractivity contribution >= 4 is 5.97 Å². The van der Waals surface area contributed by atoms with Gasteiger partial charge in [-0.3, -0.25) is 4.79 Å². The largest absolute Gasteiger partial charge is 0.466 e. The van der Waals surface area contributed by atoms with Crippen molar-refractivity contribution in [2.75, 3.05) is 6.61 Å². The number of allylic oxidation sites excluding steroid dienone is 2. The number of rotatable bonds is 4. The molecule has 1 unspecified atom stereocenters. The van der Waals surface area contributed by atoms with Gasteiger partial charge in [-0.25, -0.2) is 0 Å². The van der Waals surface area contributed by atoms with Crippen LogP contribution in [0.4, 0.5) is 0 Å². The van der Waals surface area contributed by atoms with Crippen LogP contribution in [0.3, 0.4) is 0 Å². The first-order valence-electron chi connectivity index (χ1n) is 6.11. The molecule has 0 amide bonds. The van der Waals surface area contributed by atoms with Crippen LogP contribution in [0.5, 0.6) is 0 Å². The van der Waals surface area contributed by atoms with E-state index in [2.05, 4.69) is 12.2 Å². The Morgan fingerprint density at radius 3 is 2.87 bits per heavy atom. The summed E-state index contributed by atoms with van der Waals surface area (Å²) in [6.07, 6.45) is 11.4. The van der Waals surface area contributed by atoms with Gasteiger partial charge < -0.3 is 4.74 Å². The fourth-order valence-electron chi connectivity index (χ4n) is 2.48. The molecule has 0 aromatic carbocycles. The molecule has 1 atom stereocenters. The van der Waals surface area contributed by atoms with Gasteiger partial charge in [-0.1, -0.05) is 12.2 Å². The fraction of sp³-hybridized carbons (Fsp3) is 0.769. The number of carbonyl (C=O) groups is 1. The highest BCUT2D eigenvalue weighted by Gasteiger charge is 2.51. The van der Waals surface area contributed by atoms with Gasteiger partial charge in [0.15, 0.2) is 0 Å². The third-order valence-electron chi connectivity index (χ3n) is 3.57. The van der Waals surface area contributed by atoms with Crippen LogP contribution in [-0.2, 0) is 9.53 Å². The second kappa shape index (κ2) is 4.38. The third kappa shape index (κ3) is 2.42. The molecule has 84 valence electrons. The monoisotopic (exact) mass is 208 g/mol. The van der Waals surface area contributed by atoms with E-state index in [-0.39, 0.29) is 11.4 Å². The molecule has 2 aliphatic rings. The Morgan fingerprint density at radius 1 is 1.53 bits per heavy atom. The molecule has 0 bridgehead atoms. The number of esters is 1. The van der Waals surface area contributed by atoms with Crippen molar-refractivity contribution in [2.45, 2.75) is 45.4 Å². The first-order chi connectivity index (χ1) is 7.27. The van der Waals surface area contributed by atoms with Crippen LogP contribution in [-0.4, -0.2) is 12.6 Å². The number of hydrogen-bond acceptors (Lipinski definition) is 2. The van der Waals surface area contributed by atoms with Crippen molar-refractivity contribution < 1.29 is 9.53 Å². The fourth-order valence-corrected chi connectivity index (χ4v) is 2.48. The molecular weight excluding hydrogens is 188 g/mol. The van der Waals surface area contributed by atoms with E-state index in [9.17, 15) is 4.79 Å². The number of carbonyl (C=O) groups excluding carboxylic acids is 1. The smallest absolute Gasteiger partial charge is 0.312 e. The van der Waals surface area contributed by atoms with Crippen LogP contribution < -0.4 is 0 Å². The van der Waals surface area contributed by atoms with E-state index in [1.54, 1.807) is 0 Å². The summed E-state index contributed by atoms with van der Waals surface area (Å²) in [5.74, 6) is 0.662. The van der Waals surface area contributed by atoms with Gasteiger partial charge in [-0.2, -0.15) is 0 Å². The van der Waals surface area contributed by atoms with Gasteiger partial charge in [0.25, 0.3) is 0 Å². The first-order valence-corrected chi connectivity index (χ1v) is 6.11. The first kappa shape index (κ1) is 10.7. The van der Waals surface area contributed by atoms with E-state index in [0.717, 1.165) is 19.3 Å². The topological polar surface area (TPSA) is 26.3 Å². The molecule has 0 spiro atoms. The maximum absolute atomic E-state index is 11.8. The summed E-state index contributed by atoms with van der Waals surface area (Å²) in [6, 6.07) is 0. The summed E-state index contributed by atoms with van der Waals surface area (Å²) in [7, 11) is 0. The van der Waals surface area contributed by atoms with Gasteiger partial charge >= 0.3 is 5.97 Å². The van der Waals surface area contributed by atoms with Crippen molar-refractivity contribution in [3.8, 4) is 0 Å². The summed E-state index contributed by atoms with van der Waals surface area (Å²) in [5, 5.41) is 0. The third-order valence-corrected chi connectivity index (χ3v) is 3.57. The minimum atomic E-state index is -0.0949. The zero-order valence-electron chi connectivity index (χ0n) is 9.50. The summed E-state index contributed by atoms with van der Waals surface area (Å²) >= 11 is 0. The van der Waals surface area contributed by atoms with Crippen LogP contribution in [0.1, 0.15) is 45.4 Å². The predicted molar refractivity (Wildman–Crippen MR) is 59.4 cm³/mol. The van der Waals surface area contributed by atoms with Crippen molar-refractivity contribution in [1.82, 2.24) is 0 Å². The van der Waals surface area contributed by atoms with Crippen LogP contribution in [0, 0.1) is 11.3 Å². The Hall–Kier alpha value is -0.790. The molecule has 0 saturated heterocycles. The van der Waals surface area contributed by atoms with E-state index < -0.39 is 0 Å². The second-order valence-corrected chi connectivity index (χ2v) is 4.82. The molecule has 0 aromatic rings. The molecule has 2 rings (SSSR count). The van der Waals surface area contributed by atoms with E-state index in [0.29, 0.717) is 12.5 Å². The SMILES string of the molecule is CCOC(=O)C1(CC2C=CCCC2)CC1. The van der Waals surface area contributed by atoms with Gasteiger partial charge in [0.2, 0.25) is 0 Å². The standard InChI is InChI=1S/C13H20O2/c1-2-15-12(14)13(8-9-13)10-11-6-4-3-5-7-11/h4,6,11H,2-3,5,7-10H2,1H3. The lowest BCUT2D eigenvalue weighted by atomic mass is 9.85. The highest BCUT2D eigenvalue weighted by atomic mass is 16.5. The molecule has 0 N–H and O–H groups in total. The molecule has 15 heavy (non-hydrogen) atoms. The van der Waals surface area contributed by atoms with Crippen LogP contribution in [0.25, 0.3) is 0 Å². The van der Waals surface area contributed by atoms with E-state index >= 15 is 0 Å². The number of ether oxygens (including phenoxy) is 1. The van der Waals surface area contributed by atoms with Crippen molar-refractivity contribution in [3.63, 3.8) is 0 Å². The maximum atomic E-state index is 11.8. The Morgan fingerprint density at radius 2 is 2.33 bits per heavy atom. The Labute approximate surface area is 91.7 Å². The summed E-state index contributed by atoms with van der Waals surface area (Å²) < 4.78 is 5.15. The second-order valence-electron chi connectivity index (χ2n) is 4.82. The van der Waals surface area contributed by atoms with Crippen LogP contribution in [0.2, 0.25) is 0 Å². The normalized spacial score (nSPS) is 27.4. The van der Waals surface area contributed by atoms with Gasteiger partial charge in [-0.15, -0.1) is 0 Å². The lowest BCUT2D eigenvalue weighted by Crippen LogP contribution is -2.22. The maximum Gasteiger partial charge on any atom is 0.312 e. The minimum Gasteiger partial charge on any atom is -0.466 e. The van der Waals surface area contributed by atoms with E-state index in [1.165, 1.54) is 19.3 Å². The lowest BCUT2D eigenvalue weighted by Gasteiger charge is -2.21. The van der Waals surface area contributed by atoms with Crippen LogP contribution >= 0.6 is 0 Å². The minimum absolute atomic E-state index is 0.0453. The molecule has 2 nitrogen and oxygen atoms in total. The van der Waals surface area contributed by atoms with Gasteiger partial charge in [0.1, 0.15) is 0 Å². The van der Waals surface area contributed by atoms with Gasteiger partial charge in [0, 0.05) is 0 Å². The highest BCUT2D eigenvalue weighted by Crippen LogP contribution is 2.52. The molecule has 0 aromatic heterocycles. The Balaban J connectivity index is 1.90. The summed E-state index contributed by atoms with van der Waals surface area (Å²) in [6.45, 7) is 2.40.